The van der Waals surface area contributed by atoms with Crippen molar-refractivity contribution in [2.45, 2.75) is 33.4 Å². The summed E-state index contributed by atoms with van der Waals surface area (Å²) >= 11 is 11.6. The normalized spacial score (nSPS) is 13.4. The lowest BCUT2D eigenvalue weighted by molar-refractivity contribution is 0.474. The Kier molecular flexibility index (Phi) is 6.86. The predicted octanol–water partition coefficient (Wildman–Crippen LogP) is 2.26. The second-order valence-electron chi connectivity index (χ2n) is 6.27. The quantitative estimate of drug-likeness (QED) is 0.380. The molecular weight excluding hydrogens is 559 g/mol. The van der Waals surface area contributed by atoms with Crippen LogP contribution in [0.1, 0.15) is 11.1 Å². The zero-order valence-electron chi connectivity index (χ0n) is 15.6. The summed E-state index contributed by atoms with van der Waals surface area (Å²) in [5.74, 6) is 0. The zero-order valence-corrected chi connectivity index (χ0v) is 20.4. The second kappa shape index (κ2) is 8.15. The maximum atomic E-state index is 12.1. The van der Waals surface area contributed by atoms with Gasteiger partial charge in [-0.1, -0.05) is 23.2 Å². The molecule has 2 rings (SSSR count). The van der Waals surface area contributed by atoms with Crippen molar-refractivity contribution in [2.75, 3.05) is 0 Å². The van der Waals surface area contributed by atoms with Crippen LogP contribution in [-0.4, -0.2) is 51.9 Å². The topological polar surface area (TPSA) is 217 Å². The molecule has 0 atom stereocenters. The molecule has 0 aliphatic heterocycles. The van der Waals surface area contributed by atoms with E-state index < -0.39 is 92.4 Å². The summed E-state index contributed by atoms with van der Waals surface area (Å²) in [6, 6.07) is 0.892. The summed E-state index contributed by atoms with van der Waals surface area (Å²) < 4.78 is 135. The molecule has 0 unspecified atom stereocenters. The molecule has 0 saturated heterocycles. The first kappa shape index (κ1) is 26.9. The van der Waals surface area contributed by atoms with Gasteiger partial charge in [0.05, 0.1) is 0 Å². The highest BCUT2D eigenvalue weighted by molar-refractivity contribution is 7.87. The van der Waals surface area contributed by atoms with Crippen LogP contribution in [0.15, 0.2) is 31.7 Å². The average molecular weight is 571 g/mol. The average Bonchev–Trinajstić information content (AvgIpc) is 2.54. The van der Waals surface area contributed by atoms with Gasteiger partial charge in [0, 0.05) is 21.2 Å². The minimum absolute atomic E-state index is 0.446. The molecule has 0 radical (unpaired) electrons. The molecule has 0 amide bonds. The number of hydrogen-bond acceptors (Lipinski definition) is 8. The molecule has 0 aliphatic rings. The van der Waals surface area contributed by atoms with Gasteiger partial charge in [-0.15, -0.1) is 0 Å². The van der Waals surface area contributed by atoms with Gasteiger partial charge in [0.1, 0.15) is 19.6 Å². The number of benzene rings is 2. The monoisotopic (exact) mass is 570 g/mol. The Hall–Kier alpha value is -1.34. The summed E-state index contributed by atoms with van der Waals surface area (Å²) in [6.45, 7) is 1.87. The fraction of sp³-hybridized carbons (Fsp3) is 0.143. The fourth-order valence-electron chi connectivity index (χ4n) is 2.93. The van der Waals surface area contributed by atoms with Crippen LogP contribution in [0, 0.1) is 13.8 Å². The van der Waals surface area contributed by atoms with Crippen molar-refractivity contribution in [3.8, 4) is 11.1 Å². The lowest BCUT2D eigenvalue weighted by atomic mass is 10.0. The third-order valence-electron chi connectivity index (χ3n) is 4.18. The second-order valence-corrected chi connectivity index (χ2v) is 12.6. The SMILES string of the molecule is Cc1c(Cl)cc(S(=O)(=O)O)c(-c2c(S(=O)(=O)O)cc(Cl)c(C)c2S(=O)(=O)O)c1S(=O)(=O)O. The van der Waals surface area contributed by atoms with Gasteiger partial charge in [-0.05, 0) is 37.1 Å². The Morgan fingerprint density at radius 3 is 1.00 bits per heavy atom. The summed E-state index contributed by atoms with van der Waals surface area (Å²) in [6.07, 6.45) is 0. The van der Waals surface area contributed by atoms with Gasteiger partial charge in [-0.3, -0.25) is 18.2 Å². The van der Waals surface area contributed by atoms with Crippen molar-refractivity contribution in [3.05, 3.63) is 33.3 Å². The maximum absolute atomic E-state index is 12.1. The highest BCUT2D eigenvalue weighted by atomic mass is 35.5. The van der Waals surface area contributed by atoms with Gasteiger partial charge in [0.25, 0.3) is 40.5 Å². The van der Waals surface area contributed by atoms with Crippen LogP contribution in [0.3, 0.4) is 0 Å². The number of hydrogen-bond donors (Lipinski definition) is 4. The highest BCUT2D eigenvalue weighted by Gasteiger charge is 2.37. The zero-order chi connectivity index (χ0) is 25.2. The van der Waals surface area contributed by atoms with Gasteiger partial charge < -0.3 is 0 Å². The number of halogens is 2. The Balaban J connectivity index is 3.60. The minimum atomic E-state index is -5.51. The summed E-state index contributed by atoms with van der Waals surface area (Å²) in [7, 11) is -22.0. The van der Waals surface area contributed by atoms with Crippen LogP contribution < -0.4 is 0 Å². The molecule has 12 nitrogen and oxygen atoms in total. The molecule has 2 aromatic rings. The molecule has 0 heterocycles. The summed E-state index contributed by atoms with van der Waals surface area (Å²) in [4.78, 5) is -5.77. The van der Waals surface area contributed by atoms with Crippen molar-refractivity contribution < 1.29 is 51.9 Å². The molecule has 32 heavy (non-hydrogen) atoms. The van der Waals surface area contributed by atoms with Crippen molar-refractivity contribution in [1.29, 1.82) is 0 Å². The Labute approximate surface area is 192 Å². The molecule has 0 aliphatic carbocycles. The van der Waals surface area contributed by atoms with Crippen LogP contribution in [0.4, 0.5) is 0 Å². The van der Waals surface area contributed by atoms with Crippen LogP contribution >= 0.6 is 23.2 Å². The van der Waals surface area contributed by atoms with Gasteiger partial charge in [0.2, 0.25) is 0 Å². The minimum Gasteiger partial charge on any atom is -0.282 e. The van der Waals surface area contributed by atoms with Gasteiger partial charge in [0.15, 0.2) is 0 Å². The molecule has 2 aromatic carbocycles. The molecule has 0 spiro atoms. The van der Waals surface area contributed by atoms with Crippen LogP contribution in [0.2, 0.25) is 10.0 Å². The van der Waals surface area contributed by atoms with Crippen LogP contribution in [0.5, 0.6) is 0 Å². The Morgan fingerprint density at radius 1 is 0.562 bits per heavy atom. The number of rotatable bonds is 5. The van der Waals surface area contributed by atoms with Crippen LogP contribution in [-0.2, 0) is 40.5 Å². The largest absolute Gasteiger partial charge is 0.295 e. The molecule has 0 aromatic heterocycles. The van der Waals surface area contributed by atoms with E-state index in [4.69, 9.17) is 23.2 Å². The molecule has 0 fully saturated rings. The first-order valence-electron chi connectivity index (χ1n) is 7.66. The fourth-order valence-corrected chi connectivity index (χ4v) is 7.10. The molecule has 178 valence electrons. The first-order valence-corrected chi connectivity index (χ1v) is 14.2. The molecule has 0 saturated carbocycles. The van der Waals surface area contributed by atoms with E-state index in [0.29, 0.717) is 12.1 Å². The van der Waals surface area contributed by atoms with Gasteiger partial charge in [-0.2, -0.15) is 33.7 Å². The van der Waals surface area contributed by atoms with E-state index in [-0.39, 0.29) is 0 Å². The van der Waals surface area contributed by atoms with Gasteiger partial charge >= 0.3 is 0 Å². The summed E-state index contributed by atoms with van der Waals surface area (Å²) in [5, 5.41) is -1.30. The summed E-state index contributed by atoms with van der Waals surface area (Å²) in [5.41, 5.74) is -3.99. The van der Waals surface area contributed by atoms with E-state index >= 15 is 0 Å². The third kappa shape index (κ3) is 4.93. The van der Waals surface area contributed by atoms with E-state index in [9.17, 15) is 51.9 Å². The molecule has 0 bridgehead atoms. The van der Waals surface area contributed by atoms with Crippen molar-refractivity contribution in [3.63, 3.8) is 0 Å². The van der Waals surface area contributed by atoms with E-state index in [2.05, 4.69) is 0 Å². The Bertz CT molecular complexity index is 1470. The van der Waals surface area contributed by atoms with E-state index in [1.54, 1.807) is 0 Å². The Morgan fingerprint density at radius 2 is 0.812 bits per heavy atom. The first-order chi connectivity index (χ1) is 14.1. The van der Waals surface area contributed by atoms with E-state index in [0.717, 1.165) is 13.8 Å². The standard InChI is InChI=1S/C14H12Cl2O12S4/c1-5-7(15)3-9(29(17,18)19)11(13(5)31(23,24)25)12-10(30(20,21)22)4-8(16)6(2)14(12)32(26,27)28/h3-4H,1-2H3,(H,17,18,19)(H,20,21,22)(H,23,24,25)(H,26,27,28). The van der Waals surface area contributed by atoms with Crippen molar-refractivity contribution in [2.24, 2.45) is 0 Å². The van der Waals surface area contributed by atoms with Gasteiger partial charge in [-0.25, -0.2) is 0 Å². The predicted molar refractivity (Wildman–Crippen MR) is 111 cm³/mol. The van der Waals surface area contributed by atoms with Crippen LogP contribution in [0.25, 0.3) is 11.1 Å². The molecule has 4 N–H and O–H groups in total. The third-order valence-corrected chi connectivity index (χ3v) is 8.78. The van der Waals surface area contributed by atoms with E-state index in [1.807, 2.05) is 0 Å². The maximum Gasteiger partial charge on any atom is 0.295 e. The molecule has 18 heteroatoms. The van der Waals surface area contributed by atoms with E-state index in [1.165, 1.54) is 0 Å². The highest BCUT2D eigenvalue weighted by Crippen LogP contribution is 2.46. The van der Waals surface area contributed by atoms with Crippen molar-refractivity contribution >= 4 is 63.7 Å². The lowest BCUT2D eigenvalue weighted by Gasteiger charge is -2.21. The molecular formula is C14H12Cl2O12S4. The smallest absolute Gasteiger partial charge is 0.282 e. The van der Waals surface area contributed by atoms with Crippen molar-refractivity contribution in [1.82, 2.24) is 0 Å². The lowest BCUT2D eigenvalue weighted by Crippen LogP contribution is -2.16.